The lowest BCUT2D eigenvalue weighted by atomic mass is 9.66. The zero-order chi connectivity index (χ0) is 27.0. The van der Waals surface area contributed by atoms with Crippen LogP contribution in [-0.2, 0) is 19.7 Å². The first kappa shape index (κ1) is 24.8. The molecule has 16 heteroatoms. The Hall–Kier alpha value is -3.84. The van der Waals surface area contributed by atoms with Crippen LogP contribution in [0.2, 0.25) is 0 Å². The van der Waals surface area contributed by atoms with Gasteiger partial charge in [-0.25, -0.2) is 22.6 Å². The lowest BCUT2D eigenvalue weighted by Gasteiger charge is -2.47. The molecule has 37 heavy (non-hydrogen) atoms. The van der Waals surface area contributed by atoms with Gasteiger partial charge in [-0.05, 0) is 55.3 Å². The van der Waals surface area contributed by atoms with Gasteiger partial charge in [0.1, 0.15) is 16.5 Å². The highest BCUT2D eigenvalue weighted by Crippen LogP contribution is 2.64. The number of hydrogen-bond donors (Lipinski definition) is 1. The Kier molecular flexibility index (Phi) is 5.25. The van der Waals surface area contributed by atoms with E-state index in [0.717, 1.165) is 12.1 Å². The van der Waals surface area contributed by atoms with E-state index in [2.05, 4.69) is 19.8 Å². The maximum atomic E-state index is 14.9. The van der Waals surface area contributed by atoms with E-state index >= 15 is 0 Å². The fraction of sp³-hybridized carbons (Fsp3) is 0.381. The van der Waals surface area contributed by atoms with Crippen molar-refractivity contribution in [3.05, 3.63) is 36.0 Å². The molecule has 2 aromatic heterocycles. The summed E-state index contributed by atoms with van der Waals surface area (Å²) in [6, 6.07) is 4.89. The molecule has 2 N–H and O–H groups in total. The summed E-state index contributed by atoms with van der Waals surface area (Å²) in [4.78, 5) is 27.4. The number of fused-ring (bicyclic) bond motifs is 2. The summed E-state index contributed by atoms with van der Waals surface area (Å²) < 4.78 is 82.4. The highest BCUT2D eigenvalue weighted by Gasteiger charge is 2.68. The van der Waals surface area contributed by atoms with Crippen LogP contribution in [-0.4, -0.2) is 49.9 Å². The first-order valence-corrected chi connectivity index (χ1v) is 12.2. The van der Waals surface area contributed by atoms with Crippen LogP contribution in [0.15, 0.2) is 29.3 Å². The molecular weight excluding hydrogens is 522 g/mol. The second kappa shape index (κ2) is 7.83. The molecule has 3 saturated carbocycles. The number of carbonyl (C=O) groups is 1. The number of sulfonamides is 1. The third kappa shape index (κ3) is 3.85. The van der Waals surface area contributed by atoms with Gasteiger partial charge in [0.15, 0.2) is 0 Å². The van der Waals surface area contributed by atoms with E-state index in [4.69, 9.17) is 5.73 Å². The number of hydrogen-bond acceptors (Lipinski definition) is 9. The molecule has 0 spiro atoms. The quantitative estimate of drug-likeness (QED) is 0.380. The maximum Gasteiger partial charge on any atom is 0.492 e. The van der Waals surface area contributed by atoms with Gasteiger partial charge in [-0.3, -0.25) is 4.40 Å². The summed E-state index contributed by atoms with van der Waals surface area (Å²) in [7, 11) is -5.18. The molecule has 194 valence electrons. The fourth-order valence-corrected chi connectivity index (χ4v) is 6.68. The van der Waals surface area contributed by atoms with Gasteiger partial charge in [0.2, 0.25) is 11.7 Å². The van der Waals surface area contributed by atoms with Gasteiger partial charge in [0.25, 0.3) is 10.0 Å². The van der Waals surface area contributed by atoms with Crippen molar-refractivity contribution >= 4 is 27.7 Å². The number of hydroxylamine groups is 1. The molecule has 0 aliphatic heterocycles. The molecule has 3 fully saturated rings. The van der Waals surface area contributed by atoms with Crippen molar-refractivity contribution in [1.29, 1.82) is 5.26 Å². The average molecular weight is 539 g/mol. The minimum atomic E-state index is -5.52. The summed E-state index contributed by atoms with van der Waals surface area (Å²) >= 11 is 0. The average Bonchev–Trinajstić information content (AvgIpc) is 3.48. The van der Waals surface area contributed by atoms with E-state index in [1.807, 2.05) is 6.07 Å². The first-order chi connectivity index (χ1) is 17.2. The Balaban J connectivity index is 1.60. The summed E-state index contributed by atoms with van der Waals surface area (Å²) in [5, 5.41) is 9.40. The molecule has 0 atom stereocenters. The van der Waals surface area contributed by atoms with Crippen molar-refractivity contribution < 1.29 is 35.6 Å². The Morgan fingerprint density at radius 1 is 1.24 bits per heavy atom. The van der Waals surface area contributed by atoms with Gasteiger partial charge in [0.05, 0.1) is 22.7 Å². The van der Waals surface area contributed by atoms with Crippen LogP contribution in [0.5, 0.6) is 0 Å². The molecule has 0 saturated heterocycles. The summed E-state index contributed by atoms with van der Waals surface area (Å²) in [5.41, 5.74) is 3.47. The van der Waals surface area contributed by atoms with E-state index in [-0.39, 0.29) is 53.1 Å². The third-order valence-electron chi connectivity index (χ3n) is 6.62. The number of alkyl halides is 3. The predicted octanol–water partition coefficient (Wildman–Crippen LogP) is 2.67. The Morgan fingerprint density at radius 2 is 1.95 bits per heavy atom. The first-order valence-electron chi connectivity index (χ1n) is 10.7. The highest BCUT2D eigenvalue weighted by atomic mass is 32.2. The van der Waals surface area contributed by atoms with E-state index in [9.17, 15) is 36.0 Å². The van der Waals surface area contributed by atoms with Crippen LogP contribution >= 0.6 is 0 Å². The second-order valence-electron chi connectivity index (χ2n) is 9.15. The second-order valence-corrected chi connectivity index (χ2v) is 10.9. The zero-order valence-electron chi connectivity index (χ0n) is 19.0. The Bertz CT molecular complexity index is 1610. The number of nitrogens with two attached hydrogens (primary N) is 1. The van der Waals surface area contributed by atoms with E-state index in [1.165, 1.54) is 16.7 Å². The van der Waals surface area contributed by atoms with Crippen LogP contribution in [0.1, 0.15) is 31.5 Å². The number of carbonyl (C=O) groups excluding carboxylic acids is 1. The molecule has 6 rings (SSSR count). The minimum absolute atomic E-state index is 0.0349. The zero-order valence-corrected chi connectivity index (χ0v) is 19.8. The number of imidazole rings is 1. The van der Waals surface area contributed by atoms with E-state index in [0.29, 0.717) is 5.82 Å². The number of aromatic nitrogens is 4. The molecule has 0 radical (unpaired) electrons. The molecule has 3 aliphatic carbocycles. The number of nitrogen functional groups attached to an aromatic ring is 1. The smallest absolute Gasteiger partial charge is 0.369 e. The molecule has 0 unspecified atom stereocenters. The molecule has 2 heterocycles. The summed E-state index contributed by atoms with van der Waals surface area (Å²) in [5.74, 6) is -3.60. The van der Waals surface area contributed by atoms with Gasteiger partial charge in [-0.1, -0.05) is 0 Å². The minimum Gasteiger partial charge on any atom is -0.369 e. The van der Waals surface area contributed by atoms with Crippen molar-refractivity contribution in [2.45, 2.75) is 49.2 Å². The van der Waals surface area contributed by atoms with Crippen LogP contribution < -0.4 is 5.73 Å². The summed E-state index contributed by atoms with van der Waals surface area (Å²) in [6.07, 6.45) is -4.33. The molecule has 11 nitrogen and oxygen atoms in total. The number of aryl methyl sites for hydroxylation is 1. The van der Waals surface area contributed by atoms with Gasteiger partial charge >= 0.3 is 12.1 Å². The van der Waals surface area contributed by atoms with Crippen LogP contribution in [0.4, 0.5) is 23.5 Å². The van der Waals surface area contributed by atoms with Crippen molar-refractivity contribution in [3.8, 4) is 17.3 Å². The third-order valence-corrected chi connectivity index (χ3v) is 8.39. The van der Waals surface area contributed by atoms with Crippen LogP contribution in [0.3, 0.4) is 0 Å². The number of halogens is 4. The molecule has 3 aliphatic rings. The van der Waals surface area contributed by atoms with Gasteiger partial charge < -0.3 is 10.6 Å². The molecule has 1 aromatic carbocycles. The predicted molar refractivity (Wildman–Crippen MR) is 116 cm³/mol. The molecule has 2 bridgehead atoms. The monoisotopic (exact) mass is 539 g/mol. The lowest BCUT2D eigenvalue weighted by Crippen LogP contribution is -2.58. The topological polar surface area (TPSA) is 157 Å². The number of nitriles is 1. The molecular formula is C21H17F4N7O4S. The van der Waals surface area contributed by atoms with Crippen molar-refractivity contribution in [2.24, 2.45) is 5.41 Å². The molecule has 0 amide bonds. The summed E-state index contributed by atoms with van der Waals surface area (Å²) in [6.45, 7) is 1.58. The van der Waals surface area contributed by atoms with E-state index in [1.54, 1.807) is 6.92 Å². The van der Waals surface area contributed by atoms with Crippen LogP contribution in [0.25, 0.3) is 17.0 Å². The van der Waals surface area contributed by atoms with Gasteiger partial charge in [-0.2, -0.15) is 28.4 Å². The van der Waals surface area contributed by atoms with Crippen molar-refractivity contribution in [1.82, 2.24) is 23.8 Å². The number of nitrogens with zero attached hydrogens (tertiary/aromatic N) is 6. The number of anilines is 1. The molecule has 3 aromatic rings. The lowest BCUT2D eigenvalue weighted by molar-refractivity contribution is -0.241. The SMILES string of the molecule is Cc1nc(N)n2cc(-c3ccc(F)c(S(=O)(=O)N(OC(=O)C(F)(F)F)C45CCC(C#N)(C4)C5)c3)nc2n1. The van der Waals surface area contributed by atoms with Crippen molar-refractivity contribution in [2.75, 3.05) is 5.73 Å². The standard InChI is InChI=1S/C21H17F4N7O4S/c1-11-28-17(27)31-7-14(30-18(31)29-11)12-2-3-13(22)15(6-12)37(34,35)32(36-16(33)21(23,24)25)20-5-4-19(8-20,9-20)10-26/h2-3,6-7H,4-5,8-9H2,1H3,(H2,27,28,29,30). The normalized spacial score (nSPS) is 23.2. The van der Waals surface area contributed by atoms with Crippen molar-refractivity contribution in [3.63, 3.8) is 0 Å². The Labute approximate surface area is 206 Å². The number of rotatable bonds is 5. The van der Waals surface area contributed by atoms with E-state index < -0.39 is 43.8 Å². The highest BCUT2D eigenvalue weighted by molar-refractivity contribution is 7.89. The maximum absolute atomic E-state index is 14.9. The van der Waals surface area contributed by atoms with Gasteiger partial charge in [-0.15, -0.1) is 0 Å². The van der Waals surface area contributed by atoms with Crippen LogP contribution in [0, 0.1) is 29.5 Å². The largest absolute Gasteiger partial charge is 0.492 e. The Morgan fingerprint density at radius 3 is 2.57 bits per heavy atom. The van der Waals surface area contributed by atoms with Gasteiger partial charge in [0, 0.05) is 11.8 Å². The fourth-order valence-electron chi connectivity index (χ4n) is 5.01. The number of benzene rings is 1.